The largest absolute Gasteiger partial charge is 0.347 e. The highest BCUT2D eigenvalue weighted by Gasteiger charge is 1.98. The van der Waals surface area contributed by atoms with Gasteiger partial charge in [0.25, 0.3) is 0 Å². The summed E-state index contributed by atoms with van der Waals surface area (Å²) >= 11 is 0. The van der Waals surface area contributed by atoms with E-state index in [0.29, 0.717) is 6.54 Å². The summed E-state index contributed by atoms with van der Waals surface area (Å²) in [4.78, 5) is 15.5. The Balaban J connectivity index is 2.51. The highest BCUT2D eigenvalue weighted by molar-refractivity contribution is 5.87. The topological polar surface area (TPSA) is 42.0 Å². The number of rotatable bonds is 3. The van der Waals surface area contributed by atoms with E-state index < -0.39 is 0 Å². The molecule has 1 amide bonds. The third-order valence-corrected chi connectivity index (χ3v) is 1.84. The van der Waals surface area contributed by atoms with Crippen LogP contribution in [0.2, 0.25) is 0 Å². The zero-order valence-corrected chi connectivity index (χ0v) is 9.37. The van der Waals surface area contributed by atoms with E-state index in [1.54, 1.807) is 12.3 Å². The standard InChI is InChI=1S/C12H16N2O/c1-9(2)6-12(15)14-8-11-7-10(3)4-5-13-11/h4-7H,8H2,1-3H3,(H,14,15). The molecule has 80 valence electrons. The number of hydrogen-bond donors (Lipinski definition) is 1. The number of allylic oxidation sites excluding steroid dienone is 1. The lowest BCUT2D eigenvalue weighted by Gasteiger charge is -2.02. The summed E-state index contributed by atoms with van der Waals surface area (Å²) in [6.07, 6.45) is 3.33. The number of hydrogen-bond acceptors (Lipinski definition) is 2. The van der Waals surface area contributed by atoms with Crippen LogP contribution in [0.15, 0.2) is 30.0 Å². The molecule has 1 aromatic rings. The molecule has 15 heavy (non-hydrogen) atoms. The molecule has 3 heteroatoms. The second-order valence-electron chi connectivity index (χ2n) is 3.76. The number of nitrogens with one attached hydrogen (secondary N) is 1. The van der Waals surface area contributed by atoms with Gasteiger partial charge in [-0.2, -0.15) is 0 Å². The molecule has 0 aliphatic rings. The molecule has 0 unspecified atom stereocenters. The van der Waals surface area contributed by atoms with E-state index in [1.807, 2.05) is 32.9 Å². The van der Waals surface area contributed by atoms with Crippen molar-refractivity contribution in [2.24, 2.45) is 0 Å². The lowest BCUT2D eigenvalue weighted by atomic mass is 10.2. The molecule has 3 nitrogen and oxygen atoms in total. The summed E-state index contributed by atoms with van der Waals surface area (Å²) in [7, 11) is 0. The van der Waals surface area contributed by atoms with Gasteiger partial charge in [-0.05, 0) is 38.5 Å². The van der Waals surface area contributed by atoms with Gasteiger partial charge in [-0.15, -0.1) is 0 Å². The Bertz CT molecular complexity index is 379. The predicted octanol–water partition coefficient (Wildman–Crippen LogP) is 1.97. The minimum Gasteiger partial charge on any atom is -0.347 e. The van der Waals surface area contributed by atoms with Gasteiger partial charge in [0.1, 0.15) is 0 Å². The molecule has 0 fully saturated rings. The van der Waals surface area contributed by atoms with Crippen molar-refractivity contribution in [3.8, 4) is 0 Å². The predicted molar refractivity (Wildman–Crippen MR) is 60.3 cm³/mol. The summed E-state index contributed by atoms with van der Waals surface area (Å²) in [5.41, 5.74) is 3.02. The van der Waals surface area contributed by atoms with Crippen molar-refractivity contribution in [2.45, 2.75) is 27.3 Å². The third-order valence-electron chi connectivity index (χ3n) is 1.84. The summed E-state index contributed by atoms with van der Waals surface area (Å²) in [5, 5.41) is 2.78. The monoisotopic (exact) mass is 204 g/mol. The van der Waals surface area contributed by atoms with Crippen molar-refractivity contribution in [1.29, 1.82) is 0 Å². The highest BCUT2D eigenvalue weighted by atomic mass is 16.1. The molecule has 0 aromatic carbocycles. The number of aromatic nitrogens is 1. The van der Waals surface area contributed by atoms with Gasteiger partial charge in [0.15, 0.2) is 0 Å². The first-order valence-corrected chi connectivity index (χ1v) is 4.92. The molecule has 1 heterocycles. The molecule has 0 saturated carbocycles. The molecule has 1 rings (SSSR count). The maximum atomic E-state index is 11.3. The quantitative estimate of drug-likeness (QED) is 0.765. The fourth-order valence-electron chi connectivity index (χ4n) is 1.19. The maximum Gasteiger partial charge on any atom is 0.244 e. The first-order chi connectivity index (χ1) is 7.08. The number of pyridine rings is 1. The molecule has 0 aliphatic carbocycles. The van der Waals surface area contributed by atoms with Crippen molar-refractivity contribution < 1.29 is 4.79 Å². The average Bonchev–Trinajstić information content (AvgIpc) is 2.14. The molecule has 0 aliphatic heterocycles. The summed E-state index contributed by atoms with van der Waals surface area (Å²) < 4.78 is 0. The van der Waals surface area contributed by atoms with Crippen LogP contribution in [0.3, 0.4) is 0 Å². The van der Waals surface area contributed by atoms with Crippen LogP contribution < -0.4 is 5.32 Å². The zero-order valence-electron chi connectivity index (χ0n) is 9.37. The molecule has 0 radical (unpaired) electrons. The lowest BCUT2D eigenvalue weighted by molar-refractivity contribution is -0.116. The fraction of sp³-hybridized carbons (Fsp3) is 0.333. The first kappa shape index (κ1) is 11.4. The fourth-order valence-corrected chi connectivity index (χ4v) is 1.19. The maximum absolute atomic E-state index is 11.3. The molecule has 0 atom stereocenters. The lowest BCUT2D eigenvalue weighted by Crippen LogP contribution is -2.21. The van der Waals surface area contributed by atoms with E-state index in [4.69, 9.17) is 0 Å². The van der Waals surface area contributed by atoms with Crippen LogP contribution in [-0.4, -0.2) is 10.9 Å². The van der Waals surface area contributed by atoms with Crippen LogP contribution >= 0.6 is 0 Å². The number of aryl methyl sites for hydroxylation is 1. The molecule has 0 saturated heterocycles. The second kappa shape index (κ2) is 5.29. The van der Waals surface area contributed by atoms with Gasteiger partial charge in [-0.3, -0.25) is 9.78 Å². The Morgan fingerprint density at radius 3 is 2.87 bits per heavy atom. The van der Waals surface area contributed by atoms with Crippen LogP contribution in [0.4, 0.5) is 0 Å². The van der Waals surface area contributed by atoms with Gasteiger partial charge in [0.05, 0.1) is 12.2 Å². The molecular formula is C12H16N2O. The molecular weight excluding hydrogens is 188 g/mol. The summed E-state index contributed by atoms with van der Waals surface area (Å²) in [6, 6.07) is 3.89. The number of carbonyl (C=O) groups is 1. The van der Waals surface area contributed by atoms with Gasteiger partial charge >= 0.3 is 0 Å². The normalized spacial score (nSPS) is 9.53. The van der Waals surface area contributed by atoms with Crippen molar-refractivity contribution in [3.63, 3.8) is 0 Å². The smallest absolute Gasteiger partial charge is 0.244 e. The third kappa shape index (κ3) is 4.40. The van der Waals surface area contributed by atoms with Crippen molar-refractivity contribution in [1.82, 2.24) is 10.3 Å². The highest BCUT2D eigenvalue weighted by Crippen LogP contribution is 1.99. The number of carbonyl (C=O) groups excluding carboxylic acids is 1. The number of amides is 1. The van der Waals surface area contributed by atoms with Crippen molar-refractivity contribution in [2.75, 3.05) is 0 Å². The van der Waals surface area contributed by atoms with E-state index >= 15 is 0 Å². The SMILES string of the molecule is CC(C)=CC(=O)NCc1cc(C)ccn1. The first-order valence-electron chi connectivity index (χ1n) is 4.92. The van der Waals surface area contributed by atoms with Crippen LogP contribution in [-0.2, 0) is 11.3 Å². The minimum absolute atomic E-state index is 0.0710. The Morgan fingerprint density at radius 2 is 2.27 bits per heavy atom. The van der Waals surface area contributed by atoms with E-state index in [9.17, 15) is 4.79 Å². The Labute approximate surface area is 90.2 Å². The summed E-state index contributed by atoms with van der Waals surface area (Å²) in [6.45, 7) is 6.27. The van der Waals surface area contributed by atoms with Gasteiger partial charge in [-0.25, -0.2) is 0 Å². The Morgan fingerprint density at radius 1 is 1.53 bits per heavy atom. The zero-order chi connectivity index (χ0) is 11.3. The second-order valence-corrected chi connectivity index (χ2v) is 3.76. The van der Waals surface area contributed by atoms with Gasteiger partial charge < -0.3 is 5.32 Å². The van der Waals surface area contributed by atoms with Gasteiger partial charge in [0.2, 0.25) is 5.91 Å². The van der Waals surface area contributed by atoms with Crippen LogP contribution in [0.1, 0.15) is 25.1 Å². The van der Waals surface area contributed by atoms with E-state index in [1.165, 1.54) is 0 Å². The average molecular weight is 204 g/mol. The minimum atomic E-state index is -0.0710. The van der Waals surface area contributed by atoms with E-state index in [0.717, 1.165) is 16.8 Å². The molecule has 0 bridgehead atoms. The summed E-state index contributed by atoms with van der Waals surface area (Å²) in [5.74, 6) is -0.0710. The number of nitrogens with zero attached hydrogens (tertiary/aromatic N) is 1. The van der Waals surface area contributed by atoms with Crippen molar-refractivity contribution >= 4 is 5.91 Å². The van der Waals surface area contributed by atoms with Gasteiger partial charge in [-0.1, -0.05) is 5.57 Å². The van der Waals surface area contributed by atoms with Crippen LogP contribution in [0, 0.1) is 6.92 Å². The van der Waals surface area contributed by atoms with Crippen molar-refractivity contribution in [3.05, 3.63) is 41.2 Å². The van der Waals surface area contributed by atoms with E-state index in [2.05, 4.69) is 10.3 Å². The Kier molecular flexibility index (Phi) is 4.03. The van der Waals surface area contributed by atoms with Gasteiger partial charge in [0, 0.05) is 12.3 Å². The van der Waals surface area contributed by atoms with Crippen LogP contribution in [0.5, 0.6) is 0 Å². The van der Waals surface area contributed by atoms with E-state index in [-0.39, 0.29) is 5.91 Å². The molecule has 0 spiro atoms. The molecule has 1 aromatic heterocycles. The Hall–Kier alpha value is -1.64. The van der Waals surface area contributed by atoms with Crippen LogP contribution in [0.25, 0.3) is 0 Å². The molecule has 1 N–H and O–H groups in total.